The lowest BCUT2D eigenvalue weighted by Crippen LogP contribution is -2.13. The van der Waals surface area contributed by atoms with E-state index in [-0.39, 0.29) is 10.8 Å². The quantitative estimate of drug-likeness (QED) is 0.678. The topological polar surface area (TPSA) is 81.7 Å². The van der Waals surface area contributed by atoms with Crippen LogP contribution in [0.5, 0.6) is 11.5 Å². The van der Waals surface area contributed by atoms with Crippen molar-refractivity contribution in [3.63, 3.8) is 0 Å². The van der Waals surface area contributed by atoms with Gasteiger partial charge in [0.05, 0.1) is 18.1 Å². The number of carbonyl (C=O) groups is 1. The second-order valence-corrected chi connectivity index (χ2v) is 7.69. The summed E-state index contributed by atoms with van der Waals surface area (Å²) in [6, 6.07) is 13.5. The maximum Gasteiger partial charge on any atom is 0.224 e. The Bertz CT molecular complexity index is 831. The van der Waals surface area contributed by atoms with E-state index < -0.39 is 9.84 Å². The Kier molecular flexibility index (Phi) is 7.03. The van der Waals surface area contributed by atoms with Crippen molar-refractivity contribution in [1.82, 2.24) is 0 Å². The molecule has 0 saturated carbocycles. The predicted octanol–water partition coefficient (Wildman–Crippen LogP) is 3.29. The molecule has 1 N–H and O–H groups in total. The molecule has 7 heteroatoms. The predicted molar refractivity (Wildman–Crippen MR) is 101 cm³/mol. The van der Waals surface area contributed by atoms with Gasteiger partial charge >= 0.3 is 0 Å². The van der Waals surface area contributed by atoms with E-state index in [1.165, 1.54) is 12.1 Å². The fourth-order valence-corrected chi connectivity index (χ4v) is 2.90. The largest absolute Gasteiger partial charge is 0.490 e. The van der Waals surface area contributed by atoms with Gasteiger partial charge in [0.2, 0.25) is 5.91 Å². The molecule has 0 radical (unpaired) electrons. The first-order valence-electron chi connectivity index (χ1n) is 8.34. The van der Waals surface area contributed by atoms with Crippen LogP contribution in [0.15, 0.2) is 53.4 Å². The average Bonchev–Trinajstić information content (AvgIpc) is 2.60. The molecule has 0 heterocycles. The minimum Gasteiger partial charge on any atom is -0.490 e. The Hall–Kier alpha value is -2.54. The van der Waals surface area contributed by atoms with Crippen LogP contribution in [0, 0.1) is 0 Å². The number of ether oxygens (including phenoxy) is 2. The Labute approximate surface area is 154 Å². The van der Waals surface area contributed by atoms with Gasteiger partial charge in [0.25, 0.3) is 0 Å². The minimum absolute atomic E-state index is 0.154. The number of anilines is 1. The summed E-state index contributed by atoms with van der Waals surface area (Å²) >= 11 is 0. The van der Waals surface area contributed by atoms with E-state index in [0.29, 0.717) is 43.2 Å². The van der Waals surface area contributed by atoms with Gasteiger partial charge in [-0.1, -0.05) is 12.1 Å². The first-order chi connectivity index (χ1) is 12.4. The second-order valence-electron chi connectivity index (χ2n) is 5.68. The van der Waals surface area contributed by atoms with Gasteiger partial charge in [0.15, 0.2) is 21.3 Å². The number of benzene rings is 2. The standard InChI is InChI=1S/C19H23NO5S/c1-3-24-17-7-4-5-8-18(17)25-14-6-9-19(21)20-15-10-12-16(13-11-15)26(2,22)23/h4-5,7-8,10-13H,3,6,9,14H2,1-2H3,(H,20,21). The molecule has 0 aliphatic heterocycles. The minimum atomic E-state index is -3.24. The Morgan fingerprint density at radius 3 is 2.19 bits per heavy atom. The van der Waals surface area contributed by atoms with Crippen molar-refractivity contribution in [1.29, 1.82) is 0 Å². The molecule has 2 rings (SSSR count). The van der Waals surface area contributed by atoms with Crippen molar-refractivity contribution in [2.45, 2.75) is 24.7 Å². The zero-order valence-corrected chi connectivity index (χ0v) is 15.7. The van der Waals surface area contributed by atoms with Crippen LogP contribution in [0.2, 0.25) is 0 Å². The zero-order valence-electron chi connectivity index (χ0n) is 14.9. The Balaban J connectivity index is 1.77. The van der Waals surface area contributed by atoms with E-state index in [0.717, 1.165) is 6.26 Å². The third-order valence-electron chi connectivity index (χ3n) is 3.52. The van der Waals surface area contributed by atoms with Gasteiger partial charge in [-0.25, -0.2) is 8.42 Å². The summed E-state index contributed by atoms with van der Waals surface area (Å²) in [6.45, 7) is 2.86. The van der Waals surface area contributed by atoms with E-state index in [2.05, 4.69) is 5.32 Å². The van der Waals surface area contributed by atoms with E-state index >= 15 is 0 Å². The Morgan fingerprint density at radius 2 is 1.62 bits per heavy atom. The van der Waals surface area contributed by atoms with Crippen LogP contribution in [-0.4, -0.2) is 33.8 Å². The zero-order chi connectivity index (χ0) is 19.0. The molecule has 1 amide bonds. The maximum absolute atomic E-state index is 12.0. The summed E-state index contributed by atoms with van der Waals surface area (Å²) in [5.41, 5.74) is 0.560. The van der Waals surface area contributed by atoms with Crippen molar-refractivity contribution >= 4 is 21.4 Å². The molecule has 0 saturated heterocycles. The molecule has 0 unspecified atom stereocenters. The fraction of sp³-hybridized carbons (Fsp3) is 0.316. The Morgan fingerprint density at radius 1 is 1.00 bits per heavy atom. The normalized spacial score (nSPS) is 11.0. The van der Waals surface area contributed by atoms with Gasteiger partial charge in [-0.15, -0.1) is 0 Å². The SMILES string of the molecule is CCOc1ccccc1OCCCC(=O)Nc1ccc(S(C)(=O)=O)cc1. The molecule has 26 heavy (non-hydrogen) atoms. The highest BCUT2D eigenvalue weighted by Gasteiger charge is 2.08. The van der Waals surface area contributed by atoms with Crippen LogP contribution < -0.4 is 14.8 Å². The monoisotopic (exact) mass is 377 g/mol. The molecule has 140 valence electrons. The van der Waals surface area contributed by atoms with Crippen molar-refractivity contribution in [3.05, 3.63) is 48.5 Å². The van der Waals surface area contributed by atoms with Crippen LogP contribution in [0.1, 0.15) is 19.8 Å². The van der Waals surface area contributed by atoms with Gasteiger partial charge < -0.3 is 14.8 Å². The molecule has 2 aromatic carbocycles. The fourth-order valence-electron chi connectivity index (χ4n) is 2.27. The van der Waals surface area contributed by atoms with E-state index in [4.69, 9.17) is 9.47 Å². The lowest BCUT2D eigenvalue weighted by Gasteiger charge is -2.11. The van der Waals surface area contributed by atoms with Crippen molar-refractivity contribution in [2.75, 3.05) is 24.8 Å². The van der Waals surface area contributed by atoms with Crippen LogP contribution in [0.25, 0.3) is 0 Å². The number of hydrogen-bond acceptors (Lipinski definition) is 5. The maximum atomic E-state index is 12.0. The average molecular weight is 377 g/mol. The van der Waals surface area contributed by atoms with Gasteiger partial charge in [0, 0.05) is 18.4 Å². The summed E-state index contributed by atoms with van der Waals surface area (Å²) < 4.78 is 34.0. The molecular formula is C19H23NO5S. The third kappa shape index (κ3) is 6.07. The van der Waals surface area contributed by atoms with Crippen molar-refractivity contribution in [2.24, 2.45) is 0 Å². The summed E-state index contributed by atoms with van der Waals surface area (Å²) in [7, 11) is -3.24. The van der Waals surface area contributed by atoms with Gasteiger partial charge in [0.1, 0.15) is 0 Å². The van der Waals surface area contributed by atoms with Gasteiger partial charge in [-0.2, -0.15) is 0 Å². The van der Waals surface area contributed by atoms with Gasteiger partial charge in [-0.3, -0.25) is 4.79 Å². The first kappa shape index (κ1) is 19.8. The number of rotatable bonds is 9. The number of carbonyl (C=O) groups excluding carboxylic acids is 1. The molecule has 0 bridgehead atoms. The smallest absolute Gasteiger partial charge is 0.224 e. The highest BCUT2D eigenvalue weighted by molar-refractivity contribution is 7.90. The molecule has 0 aliphatic rings. The molecule has 0 aliphatic carbocycles. The summed E-state index contributed by atoms with van der Waals surface area (Å²) in [6.07, 6.45) is 1.99. The molecule has 0 fully saturated rings. The van der Waals surface area contributed by atoms with Gasteiger partial charge in [-0.05, 0) is 49.7 Å². The second kappa shape index (κ2) is 9.24. The summed E-state index contributed by atoms with van der Waals surface area (Å²) in [5, 5.41) is 2.74. The van der Waals surface area contributed by atoms with Crippen LogP contribution in [0.4, 0.5) is 5.69 Å². The number of para-hydroxylation sites is 2. The van der Waals surface area contributed by atoms with Crippen molar-refractivity contribution < 1.29 is 22.7 Å². The highest BCUT2D eigenvalue weighted by atomic mass is 32.2. The van der Waals surface area contributed by atoms with Crippen LogP contribution >= 0.6 is 0 Å². The first-order valence-corrected chi connectivity index (χ1v) is 10.2. The number of hydrogen-bond donors (Lipinski definition) is 1. The van der Waals surface area contributed by atoms with Crippen LogP contribution in [-0.2, 0) is 14.6 Å². The number of sulfone groups is 1. The molecular weight excluding hydrogens is 354 g/mol. The highest BCUT2D eigenvalue weighted by Crippen LogP contribution is 2.26. The van der Waals surface area contributed by atoms with Crippen molar-refractivity contribution in [3.8, 4) is 11.5 Å². The van der Waals surface area contributed by atoms with E-state index in [9.17, 15) is 13.2 Å². The van der Waals surface area contributed by atoms with E-state index in [1.807, 2.05) is 31.2 Å². The molecule has 0 atom stereocenters. The number of nitrogens with one attached hydrogen (secondary N) is 1. The molecule has 6 nitrogen and oxygen atoms in total. The molecule has 0 aromatic heterocycles. The lowest BCUT2D eigenvalue weighted by atomic mass is 10.2. The van der Waals surface area contributed by atoms with E-state index in [1.54, 1.807) is 12.1 Å². The lowest BCUT2D eigenvalue weighted by molar-refractivity contribution is -0.116. The number of amides is 1. The summed E-state index contributed by atoms with van der Waals surface area (Å²) in [5.74, 6) is 1.19. The van der Waals surface area contributed by atoms with Crippen LogP contribution in [0.3, 0.4) is 0 Å². The summed E-state index contributed by atoms with van der Waals surface area (Å²) in [4.78, 5) is 12.2. The third-order valence-corrected chi connectivity index (χ3v) is 4.65. The molecule has 2 aromatic rings. The molecule has 0 spiro atoms.